The fraction of sp³-hybridized carbons (Fsp3) is 0.222. The maximum Gasteiger partial charge on any atom is 0.190 e. The Morgan fingerprint density at radius 1 is 1.47 bits per heavy atom. The Morgan fingerprint density at radius 3 is 3.00 bits per heavy atom. The van der Waals surface area contributed by atoms with E-state index >= 15 is 0 Å². The molecule has 0 atom stereocenters. The van der Waals surface area contributed by atoms with Gasteiger partial charge in [0.05, 0.1) is 12.3 Å². The van der Waals surface area contributed by atoms with Crippen LogP contribution in [-0.4, -0.2) is 22.1 Å². The van der Waals surface area contributed by atoms with Crippen molar-refractivity contribution < 1.29 is 4.74 Å². The number of anilines is 1. The van der Waals surface area contributed by atoms with Crippen LogP contribution in [0.3, 0.4) is 0 Å². The van der Waals surface area contributed by atoms with Crippen molar-refractivity contribution in [3.8, 4) is 10.8 Å². The molecule has 2 rings (SSSR count). The molecule has 5 nitrogen and oxygen atoms in total. The monoisotopic (exact) mass is 222 g/mol. The third-order valence-electron chi connectivity index (χ3n) is 1.71. The molecule has 0 unspecified atom stereocenters. The number of nitrogens with zero attached hydrogens (tertiary/aromatic N) is 3. The summed E-state index contributed by atoms with van der Waals surface area (Å²) in [6.45, 7) is 0.422. The van der Waals surface area contributed by atoms with Crippen LogP contribution in [0.4, 0.5) is 5.82 Å². The van der Waals surface area contributed by atoms with Crippen LogP contribution in [0.5, 0.6) is 0 Å². The lowest BCUT2D eigenvalue weighted by atomic mass is 10.4. The highest BCUT2D eigenvalue weighted by molar-refractivity contribution is 7.12. The first kappa shape index (κ1) is 10.0. The van der Waals surface area contributed by atoms with Crippen LogP contribution in [0.1, 0.15) is 5.69 Å². The SMILES string of the molecule is COCc1cc(N)nc(-c2nccs2)n1. The van der Waals surface area contributed by atoms with Crippen molar-refractivity contribution in [2.45, 2.75) is 6.61 Å². The summed E-state index contributed by atoms with van der Waals surface area (Å²) in [4.78, 5) is 12.5. The second-order valence-electron chi connectivity index (χ2n) is 2.88. The zero-order valence-electron chi connectivity index (χ0n) is 8.17. The van der Waals surface area contributed by atoms with Gasteiger partial charge in [-0.3, -0.25) is 0 Å². The topological polar surface area (TPSA) is 73.9 Å². The molecule has 2 heterocycles. The molecule has 0 saturated carbocycles. The highest BCUT2D eigenvalue weighted by atomic mass is 32.1. The Bertz CT molecular complexity index is 443. The van der Waals surface area contributed by atoms with Crippen LogP contribution in [0, 0.1) is 0 Å². The van der Waals surface area contributed by atoms with Gasteiger partial charge in [-0.2, -0.15) is 0 Å². The number of methoxy groups -OCH3 is 1. The zero-order valence-corrected chi connectivity index (χ0v) is 8.99. The summed E-state index contributed by atoms with van der Waals surface area (Å²) >= 11 is 1.48. The van der Waals surface area contributed by atoms with Gasteiger partial charge in [-0.15, -0.1) is 11.3 Å². The van der Waals surface area contributed by atoms with Crippen LogP contribution >= 0.6 is 11.3 Å². The van der Waals surface area contributed by atoms with Crippen molar-refractivity contribution in [3.63, 3.8) is 0 Å². The van der Waals surface area contributed by atoms with Crippen molar-refractivity contribution in [1.82, 2.24) is 15.0 Å². The third kappa shape index (κ3) is 2.28. The Morgan fingerprint density at radius 2 is 2.33 bits per heavy atom. The highest BCUT2D eigenvalue weighted by Crippen LogP contribution is 2.19. The molecular weight excluding hydrogens is 212 g/mol. The molecule has 2 aromatic heterocycles. The molecule has 0 aliphatic heterocycles. The van der Waals surface area contributed by atoms with Crippen molar-refractivity contribution in [2.24, 2.45) is 0 Å². The van der Waals surface area contributed by atoms with E-state index in [1.807, 2.05) is 5.38 Å². The molecule has 2 aromatic rings. The number of nitrogens with two attached hydrogens (primary N) is 1. The lowest BCUT2D eigenvalue weighted by Crippen LogP contribution is -2.01. The van der Waals surface area contributed by atoms with Gasteiger partial charge < -0.3 is 10.5 Å². The molecular formula is C9H10N4OS. The summed E-state index contributed by atoms with van der Waals surface area (Å²) in [7, 11) is 1.61. The predicted octanol–water partition coefficient (Wildman–Crippen LogP) is 1.33. The molecule has 0 aromatic carbocycles. The van der Waals surface area contributed by atoms with Crippen LogP contribution in [0.25, 0.3) is 10.8 Å². The van der Waals surface area contributed by atoms with Gasteiger partial charge in [0.2, 0.25) is 0 Å². The molecule has 0 saturated heterocycles. The molecule has 2 N–H and O–H groups in total. The van der Waals surface area contributed by atoms with Gasteiger partial charge in [-0.05, 0) is 0 Å². The van der Waals surface area contributed by atoms with Gasteiger partial charge in [0.1, 0.15) is 5.82 Å². The average molecular weight is 222 g/mol. The zero-order chi connectivity index (χ0) is 10.7. The van der Waals surface area contributed by atoms with E-state index in [0.717, 1.165) is 10.7 Å². The summed E-state index contributed by atoms with van der Waals surface area (Å²) < 4.78 is 4.99. The third-order valence-corrected chi connectivity index (χ3v) is 2.48. The molecule has 15 heavy (non-hydrogen) atoms. The number of hydrogen-bond acceptors (Lipinski definition) is 6. The normalized spacial score (nSPS) is 10.5. The number of ether oxygens (including phenoxy) is 1. The van der Waals surface area contributed by atoms with E-state index in [0.29, 0.717) is 18.2 Å². The highest BCUT2D eigenvalue weighted by Gasteiger charge is 2.07. The Hall–Kier alpha value is -1.53. The molecule has 0 fully saturated rings. The molecule has 6 heteroatoms. The van der Waals surface area contributed by atoms with Gasteiger partial charge in [0.25, 0.3) is 0 Å². The standard InChI is InChI=1S/C9H10N4OS/c1-14-5-6-4-7(10)13-8(12-6)9-11-2-3-15-9/h2-4H,5H2,1H3,(H2,10,12,13). The second kappa shape index (κ2) is 4.33. The molecule has 0 spiro atoms. The van der Waals surface area contributed by atoms with Crippen LogP contribution in [0.15, 0.2) is 17.6 Å². The van der Waals surface area contributed by atoms with Gasteiger partial charge in [-0.1, -0.05) is 0 Å². The molecule has 0 bridgehead atoms. The summed E-state index contributed by atoms with van der Waals surface area (Å²) in [5, 5.41) is 2.64. The minimum Gasteiger partial charge on any atom is -0.384 e. The number of thiazole rings is 1. The first-order valence-electron chi connectivity index (χ1n) is 4.32. The largest absolute Gasteiger partial charge is 0.384 e. The Kier molecular flexibility index (Phi) is 2.89. The number of rotatable bonds is 3. The minimum absolute atomic E-state index is 0.422. The summed E-state index contributed by atoms with van der Waals surface area (Å²) in [5.74, 6) is 0.985. The van der Waals surface area contributed by atoms with E-state index in [9.17, 15) is 0 Å². The van der Waals surface area contributed by atoms with Crippen LogP contribution < -0.4 is 5.73 Å². The maximum absolute atomic E-state index is 5.67. The van der Waals surface area contributed by atoms with Crippen LogP contribution in [-0.2, 0) is 11.3 Å². The minimum atomic E-state index is 0.422. The van der Waals surface area contributed by atoms with Gasteiger partial charge in [0.15, 0.2) is 10.8 Å². The van der Waals surface area contributed by atoms with E-state index in [-0.39, 0.29) is 0 Å². The fourth-order valence-electron chi connectivity index (χ4n) is 1.17. The molecule has 0 radical (unpaired) electrons. The second-order valence-corrected chi connectivity index (χ2v) is 3.77. The Labute approximate surface area is 91.0 Å². The number of aromatic nitrogens is 3. The van der Waals surface area contributed by atoms with E-state index in [1.165, 1.54) is 11.3 Å². The summed E-state index contributed by atoms with van der Waals surface area (Å²) in [5.41, 5.74) is 6.43. The van der Waals surface area contributed by atoms with Gasteiger partial charge in [-0.25, -0.2) is 15.0 Å². The maximum atomic E-state index is 5.67. The van der Waals surface area contributed by atoms with E-state index in [1.54, 1.807) is 19.4 Å². The predicted molar refractivity (Wildman–Crippen MR) is 58.3 cm³/mol. The number of nitrogen functional groups attached to an aromatic ring is 1. The first-order chi connectivity index (χ1) is 7.29. The Balaban J connectivity index is 2.40. The lowest BCUT2D eigenvalue weighted by Gasteiger charge is -2.02. The quantitative estimate of drug-likeness (QED) is 0.848. The van der Waals surface area contributed by atoms with E-state index in [2.05, 4.69) is 15.0 Å². The van der Waals surface area contributed by atoms with Crippen molar-refractivity contribution in [3.05, 3.63) is 23.3 Å². The summed E-state index contributed by atoms with van der Waals surface area (Å²) in [6.07, 6.45) is 1.71. The van der Waals surface area contributed by atoms with Crippen LogP contribution in [0.2, 0.25) is 0 Å². The number of hydrogen-bond donors (Lipinski definition) is 1. The molecule has 0 aliphatic carbocycles. The first-order valence-corrected chi connectivity index (χ1v) is 5.20. The molecule has 0 aliphatic rings. The fourth-order valence-corrected chi connectivity index (χ4v) is 1.74. The molecule has 0 amide bonds. The average Bonchev–Trinajstić information content (AvgIpc) is 2.70. The smallest absolute Gasteiger partial charge is 0.190 e. The van der Waals surface area contributed by atoms with Gasteiger partial charge >= 0.3 is 0 Å². The van der Waals surface area contributed by atoms with Crippen molar-refractivity contribution in [1.29, 1.82) is 0 Å². The van der Waals surface area contributed by atoms with Crippen molar-refractivity contribution >= 4 is 17.2 Å². The lowest BCUT2D eigenvalue weighted by molar-refractivity contribution is 0.181. The molecule has 78 valence electrons. The van der Waals surface area contributed by atoms with Crippen molar-refractivity contribution in [2.75, 3.05) is 12.8 Å². The van der Waals surface area contributed by atoms with E-state index < -0.39 is 0 Å². The van der Waals surface area contributed by atoms with Gasteiger partial charge in [0, 0.05) is 24.8 Å². The summed E-state index contributed by atoms with van der Waals surface area (Å²) in [6, 6.07) is 1.70. The van der Waals surface area contributed by atoms with E-state index in [4.69, 9.17) is 10.5 Å².